The minimum absolute atomic E-state index is 0.391. The van der Waals surface area contributed by atoms with Crippen LogP contribution in [0.15, 0.2) is 4.99 Å². The van der Waals surface area contributed by atoms with Crippen molar-refractivity contribution in [2.45, 2.75) is 70.9 Å². The van der Waals surface area contributed by atoms with Crippen molar-refractivity contribution in [1.29, 1.82) is 0 Å². The van der Waals surface area contributed by atoms with E-state index in [2.05, 4.69) is 26.1 Å². The van der Waals surface area contributed by atoms with Crippen LogP contribution in [-0.4, -0.2) is 22.5 Å². The summed E-state index contributed by atoms with van der Waals surface area (Å²) < 4.78 is 0. The fraction of sp³-hybridized carbons (Fsp3) is 0.929. The molecule has 0 amide bonds. The van der Waals surface area contributed by atoms with Gasteiger partial charge < -0.3 is 5.32 Å². The molecule has 2 aliphatic rings. The lowest BCUT2D eigenvalue weighted by atomic mass is 9.78. The third kappa shape index (κ3) is 3.18. The highest BCUT2D eigenvalue weighted by atomic mass is 32.2. The first-order chi connectivity index (χ1) is 8.17. The van der Waals surface area contributed by atoms with E-state index in [4.69, 9.17) is 4.99 Å². The second kappa shape index (κ2) is 5.64. The molecule has 0 aromatic heterocycles. The third-order valence-corrected chi connectivity index (χ3v) is 5.51. The number of rotatable bonds is 3. The average Bonchev–Trinajstić information content (AvgIpc) is 2.74. The highest BCUT2D eigenvalue weighted by Crippen LogP contribution is 2.38. The van der Waals surface area contributed by atoms with Gasteiger partial charge in [-0.05, 0) is 44.4 Å². The van der Waals surface area contributed by atoms with Crippen LogP contribution in [0.1, 0.15) is 59.3 Å². The predicted molar refractivity (Wildman–Crippen MR) is 77.8 cm³/mol. The molecular weight excluding hydrogens is 228 g/mol. The molecule has 1 heterocycles. The zero-order valence-corrected chi connectivity index (χ0v) is 12.3. The summed E-state index contributed by atoms with van der Waals surface area (Å²) in [5.41, 5.74) is 0.391. The predicted octanol–water partition coefficient (Wildman–Crippen LogP) is 3.82. The Morgan fingerprint density at radius 3 is 2.59 bits per heavy atom. The highest BCUT2D eigenvalue weighted by Gasteiger charge is 2.39. The number of amidine groups is 1. The molecule has 1 saturated heterocycles. The molecule has 0 aromatic carbocycles. The molecule has 2 nitrogen and oxygen atoms in total. The van der Waals surface area contributed by atoms with Gasteiger partial charge in [-0.25, -0.2) is 0 Å². The molecule has 2 fully saturated rings. The average molecular weight is 254 g/mol. The van der Waals surface area contributed by atoms with Gasteiger partial charge in [0.1, 0.15) is 0 Å². The first-order valence-electron chi connectivity index (χ1n) is 7.16. The van der Waals surface area contributed by atoms with Crippen LogP contribution >= 0.6 is 11.8 Å². The van der Waals surface area contributed by atoms with E-state index >= 15 is 0 Å². The van der Waals surface area contributed by atoms with Crippen LogP contribution in [0, 0.1) is 5.92 Å². The van der Waals surface area contributed by atoms with Crippen molar-refractivity contribution in [3.05, 3.63) is 0 Å². The molecule has 1 spiro atoms. The van der Waals surface area contributed by atoms with Gasteiger partial charge in [-0.15, -0.1) is 0 Å². The van der Waals surface area contributed by atoms with Crippen LogP contribution in [0.3, 0.4) is 0 Å². The molecule has 0 bridgehead atoms. The molecule has 17 heavy (non-hydrogen) atoms. The number of thioether (sulfide) groups is 1. The molecule has 1 aliphatic carbocycles. The Morgan fingerprint density at radius 1 is 1.35 bits per heavy atom. The van der Waals surface area contributed by atoms with Gasteiger partial charge in [0, 0.05) is 11.3 Å². The molecule has 0 unspecified atom stereocenters. The summed E-state index contributed by atoms with van der Waals surface area (Å²) in [6, 6.07) is 0.516. The zero-order chi connectivity index (χ0) is 12.3. The minimum atomic E-state index is 0.391. The SMILES string of the molecule is CCC(CC)N=C1NC2(CCC(C)CC2)CS1. The summed E-state index contributed by atoms with van der Waals surface area (Å²) in [5, 5.41) is 4.95. The molecule has 3 heteroatoms. The lowest BCUT2D eigenvalue weighted by molar-refractivity contribution is 0.250. The van der Waals surface area contributed by atoms with Crippen LogP contribution in [0.4, 0.5) is 0 Å². The molecule has 0 aromatic rings. The van der Waals surface area contributed by atoms with Gasteiger partial charge in [0.15, 0.2) is 5.17 Å². The maximum Gasteiger partial charge on any atom is 0.157 e. The number of nitrogens with zero attached hydrogens (tertiary/aromatic N) is 1. The van der Waals surface area contributed by atoms with Gasteiger partial charge in [0.2, 0.25) is 0 Å². The molecule has 2 rings (SSSR count). The molecule has 1 N–H and O–H groups in total. The standard InChI is InChI=1S/C14H26N2S/c1-4-12(5-2)15-13-16-14(10-17-13)8-6-11(3)7-9-14/h11-12H,4-10H2,1-3H3,(H,15,16). The van der Waals surface area contributed by atoms with Crippen molar-refractivity contribution in [2.24, 2.45) is 10.9 Å². The normalized spacial score (nSPS) is 35.8. The van der Waals surface area contributed by atoms with E-state index in [1.165, 1.54) is 36.6 Å². The monoisotopic (exact) mass is 254 g/mol. The molecule has 0 radical (unpaired) electrons. The minimum Gasteiger partial charge on any atom is -0.359 e. The maximum atomic E-state index is 4.85. The molecule has 0 atom stereocenters. The van der Waals surface area contributed by atoms with Crippen LogP contribution < -0.4 is 5.32 Å². The highest BCUT2D eigenvalue weighted by molar-refractivity contribution is 8.14. The Morgan fingerprint density at radius 2 is 2.00 bits per heavy atom. The third-order valence-electron chi connectivity index (χ3n) is 4.33. The fourth-order valence-electron chi connectivity index (χ4n) is 2.80. The van der Waals surface area contributed by atoms with Gasteiger partial charge in [-0.3, -0.25) is 4.99 Å². The summed E-state index contributed by atoms with van der Waals surface area (Å²) in [6.07, 6.45) is 7.75. The number of nitrogens with one attached hydrogen (secondary N) is 1. The van der Waals surface area contributed by atoms with Crippen molar-refractivity contribution in [3.63, 3.8) is 0 Å². The molecule has 1 saturated carbocycles. The molecule has 98 valence electrons. The van der Waals surface area contributed by atoms with Crippen molar-refractivity contribution >= 4 is 16.9 Å². The van der Waals surface area contributed by atoms with Crippen LogP contribution in [0.5, 0.6) is 0 Å². The summed E-state index contributed by atoms with van der Waals surface area (Å²) in [7, 11) is 0. The van der Waals surface area contributed by atoms with Crippen molar-refractivity contribution < 1.29 is 0 Å². The van der Waals surface area contributed by atoms with Gasteiger partial charge in [-0.1, -0.05) is 32.5 Å². The maximum absolute atomic E-state index is 4.85. The summed E-state index contributed by atoms with van der Waals surface area (Å²) in [4.78, 5) is 4.85. The molecular formula is C14H26N2S. The Kier molecular flexibility index (Phi) is 4.40. The number of aliphatic imine (C=N–C) groups is 1. The summed E-state index contributed by atoms with van der Waals surface area (Å²) in [5.74, 6) is 2.16. The van der Waals surface area contributed by atoms with Crippen molar-refractivity contribution in [1.82, 2.24) is 5.32 Å². The van der Waals surface area contributed by atoms with Crippen LogP contribution in [-0.2, 0) is 0 Å². The van der Waals surface area contributed by atoms with E-state index in [9.17, 15) is 0 Å². The zero-order valence-electron chi connectivity index (χ0n) is 11.5. The van der Waals surface area contributed by atoms with E-state index in [0.29, 0.717) is 11.6 Å². The fourth-order valence-corrected chi connectivity index (χ4v) is 4.08. The van der Waals surface area contributed by atoms with Crippen LogP contribution in [0.25, 0.3) is 0 Å². The van der Waals surface area contributed by atoms with Gasteiger partial charge in [0.05, 0.1) is 6.04 Å². The Bertz CT molecular complexity index is 276. The first-order valence-corrected chi connectivity index (χ1v) is 8.15. The number of hydrogen-bond donors (Lipinski definition) is 1. The quantitative estimate of drug-likeness (QED) is 0.828. The topological polar surface area (TPSA) is 24.4 Å². The lowest BCUT2D eigenvalue weighted by Gasteiger charge is -2.35. The van der Waals surface area contributed by atoms with Gasteiger partial charge in [-0.2, -0.15) is 0 Å². The second-order valence-corrected chi connectivity index (χ2v) is 6.75. The second-order valence-electron chi connectivity index (χ2n) is 5.78. The smallest absolute Gasteiger partial charge is 0.157 e. The Labute approximate surface area is 110 Å². The Balaban J connectivity index is 1.94. The van der Waals surface area contributed by atoms with Gasteiger partial charge in [0.25, 0.3) is 0 Å². The van der Waals surface area contributed by atoms with E-state index in [1.807, 2.05) is 11.8 Å². The summed E-state index contributed by atoms with van der Waals surface area (Å²) in [6.45, 7) is 6.85. The van der Waals surface area contributed by atoms with E-state index < -0.39 is 0 Å². The van der Waals surface area contributed by atoms with E-state index in [0.717, 1.165) is 18.8 Å². The van der Waals surface area contributed by atoms with Crippen molar-refractivity contribution in [2.75, 3.05) is 5.75 Å². The van der Waals surface area contributed by atoms with E-state index in [1.54, 1.807) is 0 Å². The van der Waals surface area contributed by atoms with E-state index in [-0.39, 0.29) is 0 Å². The van der Waals surface area contributed by atoms with Crippen LogP contribution in [0.2, 0.25) is 0 Å². The first kappa shape index (κ1) is 13.3. The Hall–Kier alpha value is -0.180. The van der Waals surface area contributed by atoms with Gasteiger partial charge >= 0.3 is 0 Å². The number of hydrogen-bond acceptors (Lipinski definition) is 2. The molecule has 1 aliphatic heterocycles. The largest absolute Gasteiger partial charge is 0.359 e. The van der Waals surface area contributed by atoms with Crippen molar-refractivity contribution in [3.8, 4) is 0 Å². The lowest BCUT2D eigenvalue weighted by Crippen LogP contribution is -2.46. The summed E-state index contributed by atoms with van der Waals surface area (Å²) >= 11 is 1.95.